The lowest BCUT2D eigenvalue weighted by Gasteiger charge is -2.26. The minimum atomic E-state index is -0.00917. The van der Waals surface area contributed by atoms with E-state index in [1.807, 2.05) is 0 Å². The standard InChI is InChI=1S/C11H19N5OS2/c1-2-7-18-11-14-10(19-15-11)13-9(17)8-16-5-3-12-4-6-16/h12H,2-8H2,1H3,(H,13,14,15,17). The predicted molar refractivity (Wildman–Crippen MR) is 78.9 cm³/mol. The Hall–Kier alpha value is -0.700. The van der Waals surface area contributed by atoms with Crippen molar-refractivity contribution in [1.29, 1.82) is 0 Å². The highest BCUT2D eigenvalue weighted by molar-refractivity contribution is 7.99. The van der Waals surface area contributed by atoms with Gasteiger partial charge in [0.15, 0.2) is 0 Å². The van der Waals surface area contributed by atoms with Gasteiger partial charge in [0, 0.05) is 43.5 Å². The van der Waals surface area contributed by atoms with Crippen molar-refractivity contribution in [2.45, 2.75) is 18.5 Å². The van der Waals surface area contributed by atoms with E-state index in [2.05, 4.69) is 31.8 Å². The molecule has 0 bridgehead atoms. The van der Waals surface area contributed by atoms with E-state index < -0.39 is 0 Å². The molecule has 2 N–H and O–H groups in total. The number of hydrogen-bond acceptors (Lipinski definition) is 7. The summed E-state index contributed by atoms with van der Waals surface area (Å²) in [4.78, 5) is 18.3. The van der Waals surface area contributed by atoms with Crippen LogP contribution in [0.25, 0.3) is 0 Å². The highest BCUT2D eigenvalue weighted by Crippen LogP contribution is 2.20. The first kappa shape index (κ1) is 14.7. The van der Waals surface area contributed by atoms with Gasteiger partial charge in [-0.1, -0.05) is 18.7 Å². The van der Waals surface area contributed by atoms with Crippen LogP contribution in [0.15, 0.2) is 5.16 Å². The topological polar surface area (TPSA) is 70.2 Å². The first-order chi connectivity index (χ1) is 9.28. The average Bonchev–Trinajstić information content (AvgIpc) is 2.85. The van der Waals surface area contributed by atoms with Gasteiger partial charge in [0.05, 0.1) is 6.54 Å². The van der Waals surface area contributed by atoms with E-state index in [1.165, 1.54) is 11.5 Å². The lowest BCUT2D eigenvalue weighted by atomic mass is 10.3. The van der Waals surface area contributed by atoms with Crippen molar-refractivity contribution in [3.05, 3.63) is 0 Å². The summed E-state index contributed by atoms with van der Waals surface area (Å²) in [6.45, 7) is 6.28. The third kappa shape index (κ3) is 5.06. The van der Waals surface area contributed by atoms with Gasteiger partial charge >= 0.3 is 0 Å². The maximum Gasteiger partial charge on any atom is 0.240 e. The minimum absolute atomic E-state index is 0.00917. The number of thioether (sulfide) groups is 1. The summed E-state index contributed by atoms with van der Waals surface area (Å²) in [6.07, 6.45) is 1.09. The summed E-state index contributed by atoms with van der Waals surface area (Å²) in [7, 11) is 0. The summed E-state index contributed by atoms with van der Waals surface area (Å²) in [5, 5.41) is 7.43. The number of piperazine rings is 1. The highest BCUT2D eigenvalue weighted by Gasteiger charge is 2.14. The lowest BCUT2D eigenvalue weighted by Crippen LogP contribution is -2.46. The van der Waals surface area contributed by atoms with Gasteiger partial charge in [-0.25, -0.2) is 0 Å². The van der Waals surface area contributed by atoms with Crippen molar-refractivity contribution in [2.75, 3.05) is 43.8 Å². The van der Waals surface area contributed by atoms with Crippen LogP contribution in [0.3, 0.4) is 0 Å². The van der Waals surface area contributed by atoms with Crippen LogP contribution in [0.5, 0.6) is 0 Å². The molecule has 1 aromatic rings. The Kier molecular flexibility index (Phi) is 6.02. The van der Waals surface area contributed by atoms with Gasteiger partial charge < -0.3 is 5.32 Å². The van der Waals surface area contributed by atoms with Crippen LogP contribution in [0.1, 0.15) is 13.3 Å². The van der Waals surface area contributed by atoms with E-state index >= 15 is 0 Å². The number of anilines is 1. The third-order valence-electron chi connectivity index (χ3n) is 2.67. The molecule has 0 aromatic carbocycles. The molecule has 1 amide bonds. The van der Waals surface area contributed by atoms with Gasteiger partial charge in [-0.05, 0) is 6.42 Å². The molecule has 1 saturated heterocycles. The predicted octanol–water partition coefficient (Wildman–Crippen LogP) is 0.884. The summed E-state index contributed by atoms with van der Waals surface area (Å²) in [6, 6.07) is 0. The number of hydrogen-bond donors (Lipinski definition) is 2. The van der Waals surface area contributed by atoms with Gasteiger partial charge in [0.2, 0.25) is 16.2 Å². The van der Waals surface area contributed by atoms with Gasteiger partial charge in [-0.2, -0.15) is 9.36 Å². The Bertz CT molecular complexity index is 406. The van der Waals surface area contributed by atoms with Crippen LogP contribution in [0, 0.1) is 0 Å². The van der Waals surface area contributed by atoms with Crippen molar-refractivity contribution >= 4 is 34.3 Å². The Morgan fingerprint density at radius 3 is 3.05 bits per heavy atom. The van der Waals surface area contributed by atoms with Crippen LogP contribution in [-0.2, 0) is 4.79 Å². The second kappa shape index (κ2) is 7.78. The van der Waals surface area contributed by atoms with Crippen molar-refractivity contribution < 1.29 is 4.79 Å². The number of nitrogens with one attached hydrogen (secondary N) is 2. The molecule has 6 nitrogen and oxygen atoms in total. The average molecular weight is 301 g/mol. The number of carbonyl (C=O) groups is 1. The lowest BCUT2D eigenvalue weighted by molar-refractivity contribution is -0.117. The van der Waals surface area contributed by atoms with Crippen molar-refractivity contribution in [3.8, 4) is 0 Å². The Labute approximate surface area is 121 Å². The van der Waals surface area contributed by atoms with Gasteiger partial charge in [0.1, 0.15) is 0 Å². The second-order valence-corrected chi connectivity index (χ2v) is 6.12. The van der Waals surface area contributed by atoms with E-state index in [-0.39, 0.29) is 5.91 Å². The number of nitrogens with zero attached hydrogens (tertiary/aromatic N) is 3. The van der Waals surface area contributed by atoms with Crippen LogP contribution in [0.4, 0.5) is 5.13 Å². The first-order valence-corrected chi connectivity index (χ1v) is 8.23. The molecule has 106 valence electrons. The molecule has 1 aromatic heterocycles. The second-order valence-electron chi connectivity index (χ2n) is 4.30. The van der Waals surface area contributed by atoms with Gasteiger partial charge in [-0.3, -0.25) is 15.0 Å². The maximum absolute atomic E-state index is 11.9. The number of carbonyl (C=O) groups excluding carboxylic acids is 1. The zero-order valence-electron chi connectivity index (χ0n) is 11.0. The molecule has 1 aliphatic heterocycles. The molecule has 8 heteroatoms. The summed E-state index contributed by atoms with van der Waals surface area (Å²) in [5.41, 5.74) is 0. The molecule has 0 unspecified atom stereocenters. The monoisotopic (exact) mass is 301 g/mol. The van der Waals surface area contributed by atoms with Crippen molar-refractivity contribution in [2.24, 2.45) is 0 Å². The fourth-order valence-electron chi connectivity index (χ4n) is 1.74. The Morgan fingerprint density at radius 1 is 1.53 bits per heavy atom. The minimum Gasteiger partial charge on any atom is -0.314 e. The van der Waals surface area contributed by atoms with Crippen LogP contribution in [0.2, 0.25) is 0 Å². The molecule has 2 heterocycles. The quantitative estimate of drug-likeness (QED) is 0.760. The van der Waals surface area contributed by atoms with Crippen molar-refractivity contribution in [3.63, 3.8) is 0 Å². The normalized spacial score (nSPS) is 16.5. The first-order valence-electron chi connectivity index (χ1n) is 6.47. The summed E-state index contributed by atoms with van der Waals surface area (Å²) in [5.74, 6) is 0.996. The largest absolute Gasteiger partial charge is 0.314 e. The molecule has 0 spiro atoms. The van der Waals surface area contributed by atoms with E-state index in [9.17, 15) is 4.79 Å². The summed E-state index contributed by atoms with van der Waals surface area (Å²) >= 11 is 2.87. The van der Waals surface area contributed by atoms with Crippen LogP contribution >= 0.6 is 23.3 Å². The molecule has 2 rings (SSSR count). The molecule has 19 heavy (non-hydrogen) atoms. The molecular formula is C11H19N5OS2. The zero-order chi connectivity index (χ0) is 13.5. The maximum atomic E-state index is 11.9. The fourth-order valence-corrected chi connectivity index (χ4v) is 3.16. The number of aromatic nitrogens is 2. The van der Waals surface area contributed by atoms with E-state index in [0.29, 0.717) is 11.7 Å². The molecule has 1 aliphatic rings. The van der Waals surface area contributed by atoms with Gasteiger partial charge in [-0.15, -0.1) is 0 Å². The molecular weight excluding hydrogens is 282 g/mol. The van der Waals surface area contributed by atoms with E-state index in [4.69, 9.17) is 0 Å². The van der Waals surface area contributed by atoms with E-state index in [1.54, 1.807) is 11.8 Å². The Morgan fingerprint density at radius 2 is 2.32 bits per heavy atom. The smallest absolute Gasteiger partial charge is 0.240 e. The molecule has 0 aliphatic carbocycles. The van der Waals surface area contributed by atoms with Crippen molar-refractivity contribution in [1.82, 2.24) is 19.6 Å². The van der Waals surface area contributed by atoms with Crippen LogP contribution in [-0.4, -0.2) is 58.6 Å². The number of rotatable bonds is 6. The Balaban J connectivity index is 1.76. The SMILES string of the molecule is CCCSc1nsc(NC(=O)CN2CCNCC2)n1. The van der Waals surface area contributed by atoms with Crippen LogP contribution < -0.4 is 10.6 Å². The zero-order valence-corrected chi connectivity index (χ0v) is 12.6. The third-order valence-corrected chi connectivity index (χ3v) is 4.47. The van der Waals surface area contributed by atoms with Gasteiger partial charge in [0.25, 0.3) is 0 Å². The molecule has 1 fully saturated rings. The number of amides is 1. The fraction of sp³-hybridized carbons (Fsp3) is 0.727. The summed E-state index contributed by atoms with van der Waals surface area (Å²) < 4.78 is 4.21. The molecule has 0 atom stereocenters. The highest BCUT2D eigenvalue weighted by atomic mass is 32.2. The molecule has 0 saturated carbocycles. The molecule has 0 radical (unpaired) electrons. The van der Waals surface area contributed by atoms with E-state index in [0.717, 1.165) is 43.5 Å².